The van der Waals surface area contributed by atoms with Gasteiger partial charge in [-0.1, -0.05) is 23.7 Å². The Kier molecular flexibility index (Phi) is 9.33. The highest BCUT2D eigenvalue weighted by Gasteiger charge is 2.38. The normalized spacial score (nSPS) is 13.4. The molecule has 216 valence electrons. The zero-order valence-corrected chi connectivity index (χ0v) is 22.0. The monoisotopic (exact) mass is 593 g/mol. The second kappa shape index (κ2) is 12.9. The Morgan fingerprint density at radius 3 is 2.44 bits per heavy atom. The number of phenolic OH excluding ortho intramolecular Hbond substituents is 1. The van der Waals surface area contributed by atoms with Crippen molar-refractivity contribution in [2.45, 2.75) is 44.6 Å². The summed E-state index contributed by atoms with van der Waals surface area (Å²) in [6.07, 6.45) is 0.703. The number of aromatic hydroxyl groups is 1. The van der Waals surface area contributed by atoms with E-state index in [4.69, 9.17) is 31.0 Å². The van der Waals surface area contributed by atoms with Crippen LogP contribution >= 0.6 is 11.6 Å². The number of ether oxygens (including phenoxy) is 2. The van der Waals surface area contributed by atoms with Gasteiger partial charge >= 0.3 is 12.1 Å². The number of hydrogen-bond donors (Lipinski definition) is 3. The van der Waals surface area contributed by atoms with Crippen LogP contribution in [-0.4, -0.2) is 38.4 Å². The number of carbonyl (C=O) groups is 1. The molecule has 0 radical (unpaired) electrons. The maximum absolute atomic E-state index is 13.4. The molecule has 0 aliphatic heterocycles. The van der Waals surface area contributed by atoms with Crippen LogP contribution in [0.3, 0.4) is 0 Å². The first-order valence-corrected chi connectivity index (χ1v) is 12.8. The number of aliphatic carboxylic acids is 1. The van der Waals surface area contributed by atoms with E-state index in [0.717, 1.165) is 25.7 Å². The Morgan fingerprint density at radius 1 is 1.05 bits per heavy atom. The van der Waals surface area contributed by atoms with Gasteiger partial charge < -0.3 is 25.0 Å². The molecule has 0 amide bonds. The summed E-state index contributed by atoms with van der Waals surface area (Å²) in [5.41, 5.74) is 1.98. The van der Waals surface area contributed by atoms with E-state index in [-0.39, 0.29) is 24.3 Å². The van der Waals surface area contributed by atoms with Crippen LogP contribution in [0.1, 0.15) is 31.2 Å². The molecule has 0 atom stereocenters. The van der Waals surface area contributed by atoms with E-state index in [2.05, 4.69) is 15.3 Å². The summed E-state index contributed by atoms with van der Waals surface area (Å²) >= 11 is 6.45. The predicted octanol–water partition coefficient (Wildman–Crippen LogP) is 7.41. The molecule has 0 bridgehead atoms. The lowest BCUT2D eigenvalue weighted by molar-refractivity contribution is -0.192. The molecule has 1 aromatic heterocycles. The van der Waals surface area contributed by atoms with Crippen LogP contribution in [-0.2, 0) is 11.4 Å². The number of carboxylic acids is 1. The summed E-state index contributed by atoms with van der Waals surface area (Å²) in [4.78, 5) is 17.6. The first-order chi connectivity index (χ1) is 19.5. The van der Waals surface area contributed by atoms with Gasteiger partial charge in [0.2, 0.25) is 0 Å². The van der Waals surface area contributed by atoms with Gasteiger partial charge in [-0.25, -0.2) is 19.2 Å². The Balaban J connectivity index is 0.000000493. The number of alkyl halides is 3. The average molecular weight is 594 g/mol. The van der Waals surface area contributed by atoms with Crippen LogP contribution < -0.4 is 14.8 Å². The molecule has 13 heteroatoms. The maximum atomic E-state index is 13.4. The summed E-state index contributed by atoms with van der Waals surface area (Å²) < 4.78 is 57.1. The lowest BCUT2D eigenvalue weighted by Gasteiger charge is -2.17. The summed E-state index contributed by atoms with van der Waals surface area (Å²) in [5.74, 6) is -1.40. The third kappa shape index (κ3) is 8.10. The van der Waals surface area contributed by atoms with Crippen molar-refractivity contribution in [1.82, 2.24) is 9.97 Å². The average Bonchev–Trinajstić information content (AvgIpc) is 3.41. The molecule has 8 nitrogen and oxygen atoms in total. The molecule has 1 aliphatic carbocycles. The number of hydrogen-bond acceptors (Lipinski definition) is 7. The van der Waals surface area contributed by atoms with Crippen molar-refractivity contribution in [3.63, 3.8) is 0 Å². The zero-order chi connectivity index (χ0) is 29.6. The van der Waals surface area contributed by atoms with Gasteiger partial charge in [0.25, 0.3) is 0 Å². The Morgan fingerprint density at radius 2 is 1.78 bits per heavy atom. The Bertz CT molecular complexity index is 1530. The third-order valence-electron chi connectivity index (χ3n) is 6.00. The minimum absolute atomic E-state index is 0.0907. The maximum Gasteiger partial charge on any atom is 0.490 e. The fraction of sp³-hybridized carbons (Fsp3) is 0.250. The fourth-order valence-corrected chi connectivity index (χ4v) is 4.37. The number of fused-ring (bicyclic) bond motifs is 1. The number of rotatable bonds is 7. The van der Waals surface area contributed by atoms with Crippen LogP contribution in [0.2, 0.25) is 5.02 Å². The lowest BCUT2D eigenvalue weighted by Crippen LogP contribution is -2.21. The van der Waals surface area contributed by atoms with E-state index in [1.807, 2.05) is 6.07 Å². The topological polar surface area (TPSA) is 114 Å². The quantitative estimate of drug-likeness (QED) is 0.190. The standard InChI is InChI=1S/C26H23ClFN3O3.C2HF3O2/c27-21-11-18(8-9-23(21)33-14-16-4-3-5-17(28)10-16)31-26-25-22(29-15-30-26)12-19(32)13-24(25)34-20-6-1-2-7-20;3-2(4,5)1(6)7/h3-5,8-13,15,20,32H,1-2,6-7,14H2,(H,29,30,31);(H,6,7). The largest absolute Gasteiger partial charge is 0.508 e. The molecular weight excluding hydrogens is 570 g/mol. The molecule has 3 N–H and O–H groups in total. The molecule has 5 rings (SSSR count). The highest BCUT2D eigenvalue weighted by atomic mass is 35.5. The fourth-order valence-electron chi connectivity index (χ4n) is 4.13. The van der Waals surface area contributed by atoms with E-state index >= 15 is 0 Å². The molecule has 1 saturated carbocycles. The second-order valence-electron chi connectivity index (χ2n) is 9.08. The van der Waals surface area contributed by atoms with Crippen LogP contribution in [0.25, 0.3) is 10.9 Å². The van der Waals surface area contributed by atoms with Gasteiger partial charge in [0.1, 0.15) is 41.8 Å². The SMILES string of the molecule is O=C(O)C(F)(F)F.Oc1cc(OC2CCCC2)c2c(Nc3ccc(OCc4cccc(F)c4)c(Cl)c3)ncnc2c1. The lowest BCUT2D eigenvalue weighted by atomic mass is 10.2. The second-order valence-corrected chi connectivity index (χ2v) is 9.48. The number of nitrogens with zero attached hydrogens (tertiary/aromatic N) is 2. The molecule has 0 spiro atoms. The van der Waals surface area contributed by atoms with E-state index in [1.165, 1.54) is 18.5 Å². The predicted molar refractivity (Wildman–Crippen MR) is 143 cm³/mol. The van der Waals surface area contributed by atoms with Crippen LogP contribution in [0.4, 0.5) is 29.1 Å². The van der Waals surface area contributed by atoms with E-state index in [9.17, 15) is 22.7 Å². The molecule has 1 fully saturated rings. The van der Waals surface area contributed by atoms with Crippen molar-refractivity contribution in [2.75, 3.05) is 5.32 Å². The van der Waals surface area contributed by atoms with Crippen molar-refractivity contribution < 1.29 is 42.0 Å². The number of aromatic nitrogens is 2. The Hall–Kier alpha value is -4.32. The number of carboxylic acid groups (broad SMARTS) is 1. The van der Waals surface area contributed by atoms with Crippen LogP contribution in [0.5, 0.6) is 17.2 Å². The van der Waals surface area contributed by atoms with E-state index in [0.29, 0.717) is 44.5 Å². The Labute approximate surface area is 236 Å². The number of benzene rings is 3. The summed E-state index contributed by atoms with van der Waals surface area (Å²) in [5, 5.41) is 21.7. The smallest absolute Gasteiger partial charge is 0.490 e. The van der Waals surface area contributed by atoms with Gasteiger partial charge in [-0.05, 0) is 61.6 Å². The van der Waals surface area contributed by atoms with Gasteiger partial charge in [0, 0.05) is 17.8 Å². The highest BCUT2D eigenvalue weighted by Crippen LogP contribution is 2.38. The molecule has 3 aromatic carbocycles. The highest BCUT2D eigenvalue weighted by molar-refractivity contribution is 6.32. The first kappa shape index (κ1) is 29.7. The number of nitrogens with one attached hydrogen (secondary N) is 1. The van der Waals surface area contributed by atoms with Crippen molar-refractivity contribution >= 4 is 40.0 Å². The molecule has 1 aliphatic rings. The summed E-state index contributed by atoms with van der Waals surface area (Å²) in [6.45, 7) is 0.201. The molecule has 4 aromatic rings. The van der Waals surface area contributed by atoms with Gasteiger partial charge in [0.15, 0.2) is 0 Å². The molecule has 41 heavy (non-hydrogen) atoms. The molecule has 0 saturated heterocycles. The van der Waals surface area contributed by atoms with Gasteiger partial charge in [-0.15, -0.1) is 0 Å². The third-order valence-corrected chi connectivity index (χ3v) is 6.30. The number of halogens is 5. The zero-order valence-electron chi connectivity index (χ0n) is 21.3. The van der Waals surface area contributed by atoms with Crippen molar-refractivity contribution in [3.05, 3.63) is 77.3 Å². The summed E-state index contributed by atoms with van der Waals surface area (Å²) in [7, 11) is 0. The van der Waals surface area contributed by atoms with Crippen molar-refractivity contribution in [3.8, 4) is 17.2 Å². The van der Waals surface area contributed by atoms with Crippen LogP contribution in [0.15, 0.2) is 60.9 Å². The van der Waals surface area contributed by atoms with E-state index in [1.54, 1.807) is 36.4 Å². The van der Waals surface area contributed by atoms with Gasteiger partial charge in [-0.3, -0.25) is 0 Å². The number of anilines is 2. The summed E-state index contributed by atoms with van der Waals surface area (Å²) in [6, 6.07) is 14.7. The minimum Gasteiger partial charge on any atom is -0.508 e. The molecular formula is C28H24ClF4N3O5. The van der Waals surface area contributed by atoms with Gasteiger partial charge in [-0.2, -0.15) is 13.2 Å². The van der Waals surface area contributed by atoms with Crippen molar-refractivity contribution in [1.29, 1.82) is 0 Å². The molecule has 0 unspecified atom stereocenters. The van der Waals surface area contributed by atoms with Gasteiger partial charge in [0.05, 0.1) is 22.0 Å². The number of phenols is 1. The van der Waals surface area contributed by atoms with E-state index < -0.39 is 12.1 Å². The minimum atomic E-state index is -5.08. The van der Waals surface area contributed by atoms with Crippen LogP contribution in [0, 0.1) is 5.82 Å². The van der Waals surface area contributed by atoms with Crippen molar-refractivity contribution in [2.24, 2.45) is 0 Å². The molecule has 1 heterocycles. The first-order valence-electron chi connectivity index (χ1n) is 12.4.